The van der Waals surface area contributed by atoms with Crippen LogP contribution in [0.1, 0.15) is 23.2 Å². The third-order valence-electron chi connectivity index (χ3n) is 2.91. The van der Waals surface area contributed by atoms with Gasteiger partial charge in [-0.15, -0.1) is 0 Å². The van der Waals surface area contributed by atoms with Gasteiger partial charge in [-0.1, -0.05) is 0 Å². The molecular formula is C12H16FN3O. The summed E-state index contributed by atoms with van der Waals surface area (Å²) in [5.74, 6) is -1.05. The second-order valence-corrected chi connectivity index (χ2v) is 4.25. The van der Waals surface area contributed by atoms with Gasteiger partial charge < -0.3 is 16.4 Å². The number of halogens is 1. The molecule has 1 atom stereocenters. The zero-order chi connectivity index (χ0) is 12.3. The summed E-state index contributed by atoms with van der Waals surface area (Å²) in [5.41, 5.74) is 5.69. The Morgan fingerprint density at radius 2 is 2.35 bits per heavy atom. The number of carbonyl (C=O) groups excluding carboxylic acids is 1. The molecule has 0 aromatic heterocycles. The van der Waals surface area contributed by atoms with Crippen LogP contribution >= 0.6 is 0 Å². The predicted molar refractivity (Wildman–Crippen MR) is 64.4 cm³/mol. The molecule has 1 fully saturated rings. The first-order valence-electron chi connectivity index (χ1n) is 5.73. The maximum atomic E-state index is 13.7. The van der Waals surface area contributed by atoms with E-state index < -0.39 is 11.7 Å². The highest BCUT2D eigenvalue weighted by atomic mass is 19.1. The number of anilines is 1. The summed E-state index contributed by atoms with van der Waals surface area (Å²) in [6, 6.07) is 4.49. The summed E-state index contributed by atoms with van der Waals surface area (Å²) < 4.78 is 13.7. The van der Waals surface area contributed by atoms with E-state index in [4.69, 9.17) is 5.73 Å². The van der Waals surface area contributed by atoms with Gasteiger partial charge in [0.15, 0.2) is 0 Å². The quantitative estimate of drug-likeness (QED) is 0.737. The monoisotopic (exact) mass is 237 g/mol. The van der Waals surface area contributed by atoms with Crippen molar-refractivity contribution in [1.82, 2.24) is 5.32 Å². The molecule has 1 aromatic carbocycles. The van der Waals surface area contributed by atoms with Crippen LogP contribution in [-0.2, 0) is 0 Å². The molecule has 5 heteroatoms. The van der Waals surface area contributed by atoms with E-state index >= 15 is 0 Å². The summed E-state index contributed by atoms with van der Waals surface area (Å²) in [6.45, 7) is 1.85. The van der Waals surface area contributed by atoms with E-state index in [-0.39, 0.29) is 11.6 Å². The van der Waals surface area contributed by atoms with Crippen molar-refractivity contribution in [3.63, 3.8) is 0 Å². The van der Waals surface area contributed by atoms with Gasteiger partial charge in [0.2, 0.25) is 5.91 Å². The van der Waals surface area contributed by atoms with E-state index in [0.717, 1.165) is 25.9 Å². The standard InChI is InChI=1S/C12H16FN3O/c13-10-6-8(12(14)17)3-4-11(10)16-9-2-1-5-15-7-9/h3-4,6,9,15-16H,1-2,5,7H2,(H2,14,17). The normalized spacial score (nSPS) is 19.9. The Kier molecular flexibility index (Phi) is 3.58. The van der Waals surface area contributed by atoms with Crippen LogP contribution in [0.4, 0.5) is 10.1 Å². The van der Waals surface area contributed by atoms with Crippen LogP contribution in [0, 0.1) is 5.82 Å². The lowest BCUT2D eigenvalue weighted by molar-refractivity contribution is 0.1000. The smallest absolute Gasteiger partial charge is 0.248 e. The van der Waals surface area contributed by atoms with Crippen molar-refractivity contribution in [2.24, 2.45) is 5.73 Å². The lowest BCUT2D eigenvalue weighted by atomic mass is 10.1. The molecule has 1 aliphatic rings. The molecule has 4 nitrogen and oxygen atoms in total. The Morgan fingerprint density at radius 3 is 2.94 bits per heavy atom. The fourth-order valence-corrected chi connectivity index (χ4v) is 1.98. The summed E-state index contributed by atoms with van der Waals surface area (Å²) in [7, 11) is 0. The summed E-state index contributed by atoms with van der Waals surface area (Å²) >= 11 is 0. The van der Waals surface area contributed by atoms with Crippen LogP contribution in [-0.4, -0.2) is 25.0 Å². The number of nitrogens with two attached hydrogens (primary N) is 1. The Hall–Kier alpha value is -1.62. The van der Waals surface area contributed by atoms with Gasteiger partial charge in [0, 0.05) is 18.2 Å². The molecule has 0 radical (unpaired) electrons. The second-order valence-electron chi connectivity index (χ2n) is 4.25. The van der Waals surface area contributed by atoms with Crippen molar-refractivity contribution in [3.8, 4) is 0 Å². The van der Waals surface area contributed by atoms with Crippen molar-refractivity contribution >= 4 is 11.6 Å². The van der Waals surface area contributed by atoms with E-state index in [1.807, 2.05) is 0 Å². The number of benzene rings is 1. The fourth-order valence-electron chi connectivity index (χ4n) is 1.98. The minimum absolute atomic E-state index is 0.190. The molecule has 1 aromatic rings. The molecule has 0 saturated carbocycles. The van der Waals surface area contributed by atoms with Gasteiger partial charge in [-0.05, 0) is 37.6 Å². The maximum Gasteiger partial charge on any atom is 0.248 e. The lowest BCUT2D eigenvalue weighted by Gasteiger charge is -2.25. The first-order chi connectivity index (χ1) is 8.16. The number of hydrogen-bond acceptors (Lipinski definition) is 3. The van der Waals surface area contributed by atoms with Crippen molar-refractivity contribution in [1.29, 1.82) is 0 Å². The van der Waals surface area contributed by atoms with Crippen molar-refractivity contribution in [3.05, 3.63) is 29.6 Å². The summed E-state index contributed by atoms with van der Waals surface area (Å²) in [6.07, 6.45) is 2.10. The van der Waals surface area contributed by atoms with Crippen LogP contribution in [0.3, 0.4) is 0 Å². The van der Waals surface area contributed by atoms with Crippen molar-refractivity contribution < 1.29 is 9.18 Å². The molecule has 0 spiro atoms. The van der Waals surface area contributed by atoms with Gasteiger partial charge in [0.25, 0.3) is 0 Å². The number of nitrogens with one attached hydrogen (secondary N) is 2. The average molecular weight is 237 g/mol. The van der Waals surface area contributed by atoms with E-state index in [2.05, 4.69) is 10.6 Å². The SMILES string of the molecule is NC(=O)c1ccc(NC2CCCNC2)c(F)c1. The molecule has 17 heavy (non-hydrogen) atoms. The highest BCUT2D eigenvalue weighted by Crippen LogP contribution is 2.18. The zero-order valence-corrected chi connectivity index (χ0v) is 9.50. The predicted octanol–water partition coefficient (Wildman–Crippen LogP) is 1.09. The number of carbonyl (C=O) groups is 1. The van der Waals surface area contributed by atoms with Crippen LogP contribution in [0.15, 0.2) is 18.2 Å². The Labute approximate surface area is 99.4 Å². The molecule has 1 heterocycles. The first-order valence-corrected chi connectivity index (χ1v) is 5.73. The van der Waals surface area contributed by atoms with Gasteiger partial charge in [-0.3, -0.25) is 4.79 Å². The number of primary amides is 1. The number of hydrogen-bond donors (Lipinski definition) is 3. The lowest BCUT2D eigenvalue weighted by Crippen LogP contribution is -2.38. The van der Waals surface area contributed by atoms with Crippen LogP contribution in [0.5, 0.6) is 0 Å². The molecule has 1 amide bonds. The Morgan fingerprint density at radius 1 is 1.53 bits per heavy atom. The van der Waals surface area contributed by atoms with E-state index in [1.54, 1.807) is 6.07 Å². The fraction of sp³-hybridized carbons (Fsp3) is 0.417. The number of rotatable bonds is 3. The number of piperidine rings is 1. The average Bonchev–Trinajstić information content (AvgIpc) is 2.33. The molecule has 2 rings (SSSR count). The molecule has 0 bridgehead atoms. The highest BCUT2D eigenvalue weighted by Gasteiger charge is 2.14. The molecule has 92 valence electrons. The first kappa shape index (κ1) is 11.9. The highest BCUT2D eigenvalue weighted by molar-refractivity contribution is 5.93. The van der Waals surface area contributed by atoms with Crippen LogP contribution in [0.2, 0.25) is 0 Å². The van der Waals surface area contributed by atoms with Crippen molar-refractivity contribution in [2.75, 3.05) is 18.4 Å². The van der Waals surface area contributed by atoms with Gasteiger partial charge in [0.1, 0.15) is 5.82 Å². The minimum Gasteiger partial charge on any atom is -0.379 e. The number of amides is 1. The minimum atomic E-state index is -0.616. The van der Waals surface area contributed by atoms with Crippen LogP contribution < -0.4 is 16.4 Å². The van der Waals surface area contributed by atoms with Gasteiger partial charge in [0.05, 0.1) is 5.69 Å². The van der Waals surface area contributed by atoms with E-state index in [1.165, 1.54) is 12.1 Å². The Balaban J connectivity index is 2.08. The molecule has 4 N–H and O–H groups in total. The second kappa shape index (κ2) is 5.14. The zero-order valence-electron chi connectivity index (χ0n) is 9.50. The molecular weight excluding hydrogens is 221 g/mol. The molecule has 1 saturated heterocycles. The summed E-state index contributed by atoms with van der Waals surface area (Å²) in [5, 5.41) is 6.37. The van der Waals surface area contributed by atoms with Crippen molar-refractivity contribution in [2.45, 2.75) is 18.9 Å². The topological polar surface area (TPSA) is 67.2 Å². The third kappa shape index (κ3) is 2.94. The van der Waals surface area contributed by atoms with E-state index in [9.17, 15) is 9.18 Å². The van der Waals surface area contributed by atoms with Gasteiger partial charge >= 0.3 is 0 Å². The maximum absolute atomic E-state index is 13.7. The third-order valence-corrected chi connectivity index (χ3v) is 2.91. The van der Waals surface area contributed by atoms with E-state index in [0.29, 0.717) is 5.69 Å². The van der Waals surface area contributed by atoms with Gasteiger partial charge in [-0.25, -0.2) is 4.39 Å². The summed E-state index contributed by atoms with van der Waals surface area (Å²) in [4.78, 5) is 10.9. The molecule has 0 aliphatic carbocycles. The largest absolute Gasteiger partial charge is 0.379 e. The molecule has 1 aliphatic heterocycles. The van der Waals surface area contributed by atoms with Crippen LogP contribution in [0.25, 0.3) is 0 Å². The van der Waals surface area contributed by atoms with Gasteiger partial charge in [-0.2, -0.15) is 0 Å². The molecule has 1 unspecified atom stereocenters. The Bertz CT molecular complexity index is 416.